The van der Waals surface area contributed by atoms with Crippen LogP contribution in [0, 0.1) is 17.0 Å². The Morgan fingerprint density at radius 3 is 2.54 bits per heavy atom. The molecule has 0 saturated carbocycles. The maximum atomic E-state index is 11.1. The quantitative estimate of drug-likeness (QED) is 0.534. The van der Waals surface area contributed by atoms with E-state index in [-0.39, 0.29) is 5.69 Å². The van der Waals surface area contributed by atoms with Crippen molar-refractivity contribution in [3.63, 3.8) is 0 Å². The standard InChI is InChI=1S/C18H18N4O4/c1-11-20-15-6-5-13(22(23)24)9-14(15)16(21-11)10-19-12-4-7-17(25-2)18(8-12)26-3/h4-9,19H,10H2,1-3H3. The van der Waals surface area contributed by atoms with Crippen LogP contribution < -0.4 is 14.8 Å². The number of methoxy groups -OCH3 is 2. The van der Waals surface area contributed by atoms with Gasteiger partial charge in [-0.25, -0.2) is 9.97 Å². The highest BCUT2D eigenvalue weighted by atomic mass is 16.6. The summed E-state index contributed by atoms with van der Waals surface area (Å²) in [5.74, 6) is 1.85. The van der Waals surface area contributed by atoms with E-state index in [2.05, 4.69) is 15.3 Å². The lowest BCUT2D eigenvalue weighted by molar-refractivity contribution is -0.384. The van der Waals surface area contributed by atoms with Gasteiger partial charge in [0.1, 0.15) is 5.82 Å². The summed E-state index contributed by atoms with van der Waals surface area (Å²) in [7, 11) is 3.15. The summed E-state index contributed by atoms with van der Waals surface area (Å²) in [4.78, 5) is 19.4. The molecule has 1 heterocycles. The average molecular weight is 354 g/mol. The fourth-order valence-electron chi connectivity index (χ4n) is 2.69. The van der Waals surface area contributed by atoms with Crippen molar-refractivity contribution >= 4 is 22.3 Å². The number of aromatic nitrogens is 2. The highest BCUT2D eigenvalue weighted by Gasteiger charge is 2.12. The molecule has 1 N–H and O–H groups in total. The normalized spacial score (nSPS) is 10.6. The van der Waals surface area contributed by atoms with E-state index in [0.29, 0.717) is 40.5 Å². The van der Waals surface area contributed by atoms with Crippen LogP contribution in [-0.2, 0) is 6.54 Å². The summed E-state index contributed by atoms with van der Waals surface area (Å²) < 4.78 is 10.5. The molecule has 8 nitrogen and oxygen atoms in total. The molecule has 0 unspecified atom stereocenters. The van der Waals surface area contributed by atoms with Crippen LogP contribution in [0.4, 0.5) is 11.4 Å². The molecule has 8 heteroatoms. The molecule has 0 amide bonds. The SMILES string of the molecule is COc1ccc(NCc2nc(C)nc3ccc([N+](=O)[O-])cc23)cc1OC. The molecule has 3 aromatic rings. The molecule has 26 heavy (non-hydrogen) atoms. The zero-order valence-electron chi connectivity index (χ0n) is 14.6. The Morgan fingerprint density at radius 1 is 1.08 bits per heavy atom. The Labute approximate surface area is 149 Å². The number of rotatable bonds is 6. The van der Waals surface area contributed by atoms with Gasteiger partial charge in [-0.1, -0.05) is 0 Å². The predicted octanol–water partition coefficient (Wildman–Crippen LogP) is 3.48. The van der Waals surface area contributed by atoms with Gasteiger partial charge in [-0.3, -0.25) is 10.1 Å². The third-order valence-electron chi connectivity index (χ3n) is 3.92. The van der Waals surface area contributed by atoms with Gasteiger partial charge in [-0.2, -0.15) is 0 Å². The summed E-state index contributed by atoms with van der Waals surface area (Å²) >= 11 is 0. The molecule has 3 rings (SSSR count). The second kappa shape index (κ2) is 7.22. The maximum Gasteiger partial charge on any atom is 0.270 e. The highest BCUT2D eigenvalue weighted by Crippen LogP contribution is 2.30. The van der Waals surface area contributed by atoms with Crippen molar-refractivity contribution in [2.75, 3.05) is 19.5 Å². The van der Waals surface area contributed by atoms with Gasteiger partial charge in [0.2, 0.25) is 0 Å². The fraction of sp³-hybridized carbons (Fsp3) is 0.222. The number of nitro groups is 1. The lowest BCUT2D eigenvalue weighted by Gasteiger charge is -2.12. The van der Waals surface area contributed by atoms with E-state index in [1.165, 1.54) is 12.1 Å². The molecule has 0 atom stereocenters. The van der Waals surface area contributed by atoms with E-state index in [4.69, 9.17) is 9.47 Å². The van der Waals surface area contributed by atoms with Crippen LogP contribution in [0.5, 0.6) is 11.5 Å². The molecule has 0 saturated heterocycles. The number of benzene rings is 2. The van der Waals surface area contributed by atoms with Crippen molar-refractivity contribution in [3.05, 3.63) is 58.0 Å². The second-order valence-electron chi connectivity index (χ2n) is 5.60. The van der Waals surface area contributed by atoms with Crippen LogP contribution in [0.1, 0.15) is 11.5 Å². The van der Waals surface area contributed by atoms with E-state index in [9.17, 15) is 10.1 Å². The third kappa shape index (κ3) is 3.49. The molecule has 0 aliphatic rings. The van der Waals surface area contributed by atoms with E-state index >= 15 is 0 Å². The predicted molar refractivity (Wildman–Crippen MR) is 97.8 cm³/mol. The number of aryl methyl sites for hydroxylation is 1. The molecule has 0 aliphatic heterocycles. The molecule has 0 bridgehead atoms. The third-order valence-corrected chi connectivity index (χ3v) is 3.92. The molecular formula is C18H18N4O4. The first-order chi connectivity index (χ1) is 12.5. The summed E-state index contributed by atoms with van der Waals surface area (Å²) in [6, 6.07) is 10.1. The summed E-state index contributed by atoms with van der Waals surface area (Å²) in [5, 5.41) is 15.0. The van der Waals surface area contributed by atoms with Crippen molar-refractivity contribution in [3.8, 4) is 11.5 Å². The Kier molecular flexibility index (Phi) is 4.83. The van der Waals surface area contributed by atoms with Crippen molar-refractivity contribution in [1.29, 1.82) is 0 Å². The van der Waals surface area contributed by atoms with Gasteiger partial charge < -0.3 is 14.8 Å². The molecule has 0 radical (unpaired) electrons. The van der Waals surface area contributed by atoms with Gasteiger partial charge in [0.25, 0.3) is 5.69 Å². The zero-order valence-corrected chi connectivity index (χ0v) is 14.6. The van der Waals surface area contributed by atoms with Crippen molar-refractivity contribution in [2.45, 2.75) is 13.5 Å². The lowest BCUT2D eigenvalue weighted by Crippen LogP contribution is -2.05. The van der Waals surface area contributed by atoms with Crippen LogP contribution in [0.25, 0.3) is 10.9 Å². The van der Waals surface area contributed by atoms with Crippen molar-refractivity contribution < 1.29 is 14.4 Å². The summed E-state index contributed by atoms with van der Waals surface area (Å²) in [6.07, 6.45) is 0. The summed E-state index contributed by atoms with van der Waals surface area (Å²) in [6.45, 7) is 2.18. The van der Waals surface area contributed by atoms with Crippen molar-refractivity contribution in [2.24, 2.45) is 0 Å². The monoisotopic (exact) mass is 354 g/mol. The molecule has 1 aromatic heterocycles. The fourth-order valence-corrected chi connectivity index (χ4v) is 2.69. The number of anilines is 1. The molecule has 0 aliphatic carbocycles. The first kappa shape index (κ1) is 17.4. The molecular weight excluding hydrogens is 336 g/mol. The molecule has 0 spiro atoms. The number of fused-ring (bicyclic) bond motifs is 1. The first-order valence-corrected chi connectivity index (χ1v) is 7.89. The topological polar surface area (TPSA) is 99.4 Å². The minimum absolute atomic E-state index is 0.0114. The Balaban J connectivity index is 1.93. The van der Waals surface area contributed by atoms with Gasteiger partial charge in [-0.15, -0.1) is 0 Å². The Morgan fingerprint density at radius 2 is 1.85 bits per heavy atom. The number of nitrogens with one attached hydrogen (secondary N) is 1. The minimum atomic E-state index is -0.426. The van der Waals surface area contributed by atoms with Gasteiger partial charge in [0.15, 0.2) is 11.5 Å². The number of hydrogen-bond donors (Lipinski definition) is 1. The highest BCUT2D eigenvalue weighted by molar-refractivity contribution is 5.83. The zero-order chi connectivity index (χ0) is 18.7. The molecule has 134 valence electrons. The summed E-state index contributed by atoms with van der Waals surface area (Å²) in [5.41, 5.74) is 2.19. The number of hydrogen-bond acceptors (Lipinski definition) is 7. The smallest absolute Gasteiger partial charge is 0.270 e. The van der Waals surface area contributed by atoms with Crippen molar-refractivity contribution in [1.82, 2.24) is 9.97 Å². The van der Waals surface area contributed by atoms with E-state index in [0.717, 1.165) is 5.69 Å². The largest absolute Gasteiger partial charge is 0.493 e. The minimum Gasteiger partial charge on any atom is -0.493 e. The van der Waals surface area contributed by atoms with Gasteiger partial charge in [0.05, 0.1) is 36.9 Å². The average Bonchev–Trinajstić information content (AvgIpc) is 2.65. The van der Waals surface area contributed by atoms with Crippen LogP contribution in [-0.4, -0.2) is 29.1 Å². The molecule has 2 aromatic carbocycles. The maximum absolute atomic E-state index is 11.1. The van der Waals surface area contributed by atoms with E-state index in [1.807, 2.05) is 12.1 Å². The second-order valence-corrected chi connectivity index (χ2v) is 5.60. The van der Waals surface area contributed by atoms with Gasteiger partial charge in [-0.05, 0) is 25.1 Å². The van der Waals surface area contributed by atoms with Gasteiger partial charge in [0, 0.05) is 29.3 Å². The van der Waals surface area contributed by atoms with Crippen LogP contribution >= 0.6 is 0 Å². The Hall–Kier alpha value is -3.42. The van der Waals surface area contributed by atoms with Crippen LogP contribution in [0.15, 0.2) is 36.4 Å². The van der Waals surface area contributed by atoms with E-state index < -0.39 is 4.92 Å². The van der Waals surface area contributed by atoms with Gasteiger partial charge >= 0.3 is 0 Å². The lowest BCUT2D eigenvalue weighted by atomic mass is 10.1. The Bertz CT molecular complexity index is 975. The van der Waals surface area contributed by atoms with E-state index in [1.54, 1.807) is 33.3 Å². The first-order valence-electron chi connectivity index (χ1n) is 7.89. The number of nitrogens with zero attached hydrogens (tertiary/aromatic N) is 3. The number of non-ortho nitro benzene ring substituents is 1. The van der Waals surface area contributed by atoms with Crippen LogP contribution in [0.3, 0.4) is 0 Å². The van der Waals surface area contributed by atoms with Crippen LogP contribution in [0.2, 0.25) is 0 Å². The number of nitro benzene ring substituents is 1. The number of ether oxygens (including phenoxy) is 2. The molecule has 0 fully saturated rings.